The molecule has 0 spiro atoms. The SMILES string of the molecule is COC[C@](C)(Nc1cc(C(=O)Nc2nnc(/[NH+]=C(C)/C=C\N)s2)oc(=O)c1OC)c1ccccc1. The van der Waals surface area contributed by atoms with Gasteiger partial charge in [-0.05, 0) is 48.1 Å². The fourth-order valence-electron chi connectivity index (χ4n) is 3.30. The molecule has 0 aliphatic heterocycles. The van der Waals surface area contributed by atoms with Gasteiger partial charge < -0.3 is 24.9 Å². The molecule has 35 heavy (non-hydrogen) atoms. The molecule has 0 aliphatic carbocycles. The van der Waals surface area contributed by atoms with Crippen LogP contribution in [0, 0.1) is 0 Å². The highest BCUT2D eigenvalue weighted by Crippen LogP contribution is 2.31. The van der Waals surface area contributed by atoms with Crippen molar-refractivity contribution < 1.29 is 23.7 Å². The molecule has 0 unspecified atom stereocenters. The van der Waals surface area contributed by atoms with Gasteiger partial charge in [-0.15, -0.1) is 0 Å². The average molecular weight is 500 g/mol. The van der Waals surface area contributed by atoms with Crippen molar-refractivity contribution in [2.45, 2.75) is 19.4 Å². The summed E-state index contributed by atoms with van der Waals surface area (Å²) in [4.78, 5) is 28.5. The maximum atomic E-state index is 12.9. The summed E-state index contributed by atoms with van der Waals surface area (Å²) in [6.07, 6.45) is 3.05. The van der Waals surface area contributed by atoms with Gasteiger partial charge in [0.05, 0.1) is 30.0 Å². The first-order valence-corrected chi connectivity index (χ1v) is 11.3. The van der Waals surface area contributed by atoms with Crippen LogP contribution in [0.1, 0.15) is 30.0 Å². The Bertz CT molecular complexity index is 1290. The van der Waals surface area contributed by atoms with Gasteiger partial charge in [0, 0.05) is 13.2 Å². The number of nitrogens with zero attached hydrogens (tertiary/aromatic N) is 2. The number of amides is 1. The minimum atomic E-state index is -0.811. The molecule has 1 aromatic carbocycles. The third kappa shape index (κ3) is 6.31. The summed E-state index contributed by atoms with van der Waals surface area (Å²) in [5.74, 6) is -0.975. The van der Waals surface area contributed by atoms with Crippen molar-refractivity contribution in [2.75, 3.05) is 31.5 Å². The fourth-order valence-corrected chi connectivity index (χ4v) is 4.00. The van der Waals surface area contributed by atoms with Crippen LogP contribution in [0.25, 0.3) is 0 Å². The maximum absolute atomic E-state index is 12.9. The lowest BCUT2D eigenvalue weighted by Gasteiger charge is -2.32. The lowest BCUT2D eigenvalue weighted by Crippen LogP contribution is -2.65. The van der Waals surface area contributed by atoms with Gasteiger partial charge in [0.25, 0.3) is 5.91 Å². The number of anilines is 2. The molecule has 0 bridgehead atoms. The third-order valence-electron chi connectivity index (χ3n) is 4.89. The van der Waals surface area contributed by atoms with Crippen LogP contribution in [0.5, 0.6) is 5.75 Å². The molecule has 1 atom stereocenters. The summed E-state index contributed by atoms with van der Waals surface area (Å²) in [7, 11) is 2.93. The number of ether oxygens (including phenoxy) is 2. The number of hydrogen-bond acceptors (Lipinski definition) is 10. The first-order valence-electron chi connectivity index (χ1n) is 10.5. The number of carbonyl (C=O) groups excluding carboxylic acids is 1. The van der Waals surface area contributed by atoms with Gasteiger partial charge in [-0.3, -0.25) is 10.1 Å². The van der Waals surface area contributed by atoms with Gasteiger partial charge in [-0.1, -0.05) is 30.3 Å². The highest BCUT2D eigenvalue weighted by Gasteiger charge is 2.30. The van der Waals surface area contributed by atoms with Crippen LogP contribution < -0.4 is 31.7 Å². The molecule has 184 valence electrons. The van der Waals surface area contributed by atoms with Gasteiger partial charge in [0.1, 0.15) is 5.71 Å². The lowest BCUT2D eigenvalue weighted by molar-refractivity contribution is -0.353. The van der Waals surface area contributed by atoms with E-state index in [4.69, 9.17) is 19.6 Å². The molecule has 0 fully saturated rings. The molecule has 0 saturated heterocycles. The topological polar surface area (TPSA) is 156 Å². The minimum absolute atomic E-state index is 0.0684. The molecule has 12 heteroatoms. The number of carbonyl (C=O) groups is 1. The van der Waals surface area contributed by atoms with Crippen molar-refractivity contribution in [1.82, 2.24) is 10.2 Å². The average Bonchev–Trinajstić information content (AvgIpc) is 3.26. The van der Waals surface area contributed by atoms with E-state index in [0.29, 0.717) is 5.13 Å². The normalized spacial score (nSPS) is 13.4. The van der Waals surface area contributed by atoms with E-state index in [2.05, 4.69) is 25.8 Å². The number of hydrogen-bond donors (Lipinski definition) is 4. The number of nitrogens with two attached hydrogens (primary N) is 1. The van der Waals surface area contributed by atoms with Crippen LogP contribution in [0.4, 0.5) is 16.0 Å². The highest BCUT2D eigenvalue weighted by atomic mass is 32.1. The van der Waals surface area contributed by atoms with Crippen molar-refractivity contribution >= 4 is 38.9 Å². The van der Waals surface area contributed by atoms with Gasteiger partial charge in [-0.25, -0.2) is 9.79 Å². The molecule has 0 saturated carbocycles. The molecule has 5 N–H and O–H groups in total. The zero-order chi connectivity index (χ0) is 25.4. The monoisotopic (exact) mass is 499 g/mol. The largest absolute Gasteiger partial charge is 0.488 e. The van der Waals surface area contributed by atoms with Crippen LogP contribution >= 0.6 is 11.3 Å². The molecule has 0 radical (unpaired) electrons. The van der Waals surface area contributed by atoms with Gasteiger partial charge in [0.15, 0.2) is 5.76 Å². The Kier molecular flexibility index (Phi) is 8.34. The Balaban J connectivity index is 1.91. The Morgan fingerprint density at radius 3 is 2.69 bits per heavy atom. The summed E-state index contributed by atoms with van der Waals surface area (Å²) in [5.41, 5.74) is 5.74. The lowest BCUT2D eigenvalue weighted by atomic mass is 9.92. The predicted molar refractivity (Wildman–Crippen MR) is 133 cm³/mol. The zero-order valence-electron chi connectivity index (χ0n) is 19.7. The van der Waals surface area contributed by atoms with E-state index >= 15 is 0 Å². The maximum Gasteiger partial charge on any atom is 0.409 e. The second-order valence-electron chi connectivity index (χ2n) is 7.63. The van der Waals surface area contributed by atoms with E-state index in [9.17, 15) is 9.59 Å². The quantitative estimate of drug-likeness (QED) is 0.303. The van der Waals surface area contributed by atoms with Crippen LogP contribution in [-0.2, 0) is 10.3 Å². The van der Waals surface area contributed by atoms with E-state index in [-0.39, 0.29) is 28.9 Å². The smallest absolute Gasteiger partial charge is 0.409 e. The highest BCUT2D eigenvalue weighted by molar-refractivity contribution is 7.18. The molecule has 3 aromatic rings. The van der Waals surface area contributed by atoms with E-state index in [1.807, 2.05) is 37.3 Å². The Morgan fingerprint density at radius 1 is 1.29 bits per heavy atom. The molecule has 1 amide bonds. The summed E-state index contributed by atoms with van der Waals surface area (Å²) >= 11 is 1.10. The molecular weight excluding hydrogens is 472 g/mol. The summed E-state index contributed by atoms with van der Waals surface area (Å²) in [6, 6.07) is 11.0. The van der Waals surface area contributed by atoms with E-state index in [1.165, 1.54) is 19.4 Å². The van der Waals surface area contributed by atoms with Crippen molar-refractivity contribution in [3.05, 3.63) is 70.4 Å². The van der Waals surface area contributed by atoms with E-state index < -0.39 is 17.1 Å². The van der Waals surface area contributed by atoms with E-state index in [1.54, 1.807) is 20.1 Å². The zero-order valence-corrected chi connectivity index (χ0v) is 20.6. The van der Waals surface area contributed by atoms with Gasteiger partial charge in [0.2, 0.25) is 10.9 Å². The summed E-state index contributed by atoms with van der Waals surface area (Å²) in [5, 5.41) is 14.4. The van der Waals surface area contributed by atoms with Crippen molar-refractivity contribution in [2.24, 2.45) is 5.73 Å². The minimum Gasteiger partial charge on any atom is -0.488 e. The third-order valence-corrected chi connectivity index (χ3v) is 5.64. The first kappa shape index (κ1) is 25.6. The molecule has 2 aromatic heterocycles. The second-order valence-corrected chi connectivity index (χ2v) is 8.61. The molecule has 3 rings (SSSR count). The van der Waals surface area contributed by atoms with Crippen LogP contribution in [0.2, 0.25) is 0 Å². The number of allylic oxidation sites excluding steroid dienone is 1. The number of benzene rings is 1. The van der Waals surface area contributed by atoms with Crippen molar-refractivity contribution in [3.63, 3.8) is 0 Å². The number of nitrogens with one attached hydrogen (secondary N) is 3. The van der Waals surface area contributed by atoms with Gasteiger partial charge in [-0.2, -0.15) is 0 Å². The standard InChI is InChI=1S/C23H26N6O5S/c1-14(10-11-24)25-21-28-29-22(35-21)26-19(30)17-12-16(18(33-4)20(31)34-17)27-23(2,13-32-3)15-8-6-5-7-9-15/h5-12,27H,13,24H2,1-4H3,(H,26,29,30)/p+1/b11-10-,25-14+/t23-/m0/s1. The molecule has 11 nitrogen and oxygen atoms in total. The molecule has 0 aliphatic rings. The number of rotatable bonds is 10. The Hall–Kier alpha value is -4.03. The second kappa shape index (κ2) is 11.4. The van der Waals surface area contributed by atoms with Crippen LogP contribution in [0.15, 0.2) is 57.9 Å². The predicted octanol–water partition coefficient (Wildman–Crippen LogP) is 1.37. The Labute approximate surface area is 205 Å². The Morgan fingerprint density at radius 2 is 2.03 bits per heavy atom. The van der Waals surface area contributed by atoms with Gasteiger partial charge >= 0.3 is 10.8 Å². The van der Waals surface area contributed by atoms with E-state index in [0.717, 1.165) is 22.6 Å². The van der Waals surface area contributed by atoms with Crippen molar-refractivity contribution in [1.29, 1.82) is 0 Å². The summed E-state index contributed by atoms with van der Waals surface area (Å²) < 4.78 is 15.9. The number of methoxy groups -OCH3 is 2. The molecular formula is C23H27N6O5S+. The first-order chi connectivity index (χ1) is 16.8. The fraction of sp³-hybridized carbons (Fsp3) is 0.261. The summed E-state index contributed by atoms with van der Waals surface area (Å²) in [6.45, 7) is 3.99. The van der Waals surface area contributed by atoms with Crippen molar-refractivity contribution in [3.8, 4) is 5.75 Å². The van der Waals surface area contributed by atoms with Crippen LogP contribution in [-0.4, -0.2) is 42.6 Å². The molecule has 2 heterocycles. The van der Waals surface area contributed by atoms with Crippen LogP contribution in [0.3, 0.4) is 0 Å². The number of aromatic nitrogens is 2.